The van der Waals surface area contributed by atoms with E-state index in [0.29, 0.717) is 24.3 Å². The van der Waals surface area contributed by atoms with Gasteiger partial charge in [0.15, 0.2) is 5.65 Å². The Morgan fingerprint density at radius 3 is 2.60 bits per heavy atom. The van der Waals surface area contributed by atoms with Gasteiger partial charge in [0.1, 0.15) is 11.5 Å². The third-order valence-corrected chi connectivity index (χ3v) is 4.44. The lowest BCUT2D eigenvalue weighted by Gasteiger charge is -2.11. The molecule has 1 aromatic carbocycles. The standard InChI is InChI=1S/C20H25N5O3.2ClH/c1-21-7-4-8-22-20(26)16-9-15-12-24-25(19(15)23-11-16)13-14-5-6-17(27-2)10-18(14)28-3;;/h5-6,9-12,21H,4,7-8,13H2,1-3H3,(H,22,26);2*1H. The summed E-state index contributed by atoms with van der Waals surface area (Å²) < 4.78 is 12.5. The van der Waals surface area contributed by atoms with Gasteiger partial charge in [-0.05, 0) is 38.2 Å². The molecule has 0 saturated heterocycles. The molecule has 10 heteroatoms. The molecule has 2 heterocycles. The van der Waals surface area contributed by atoms with E-state index in [1.165, 1.54) is 0 Å². The van der Waals surface area contributed by atoms with Gasteiger partial charge in [0.25, 0.3) is 5.91 Å². The molecule has 8 nitrogen and oxygen atoms in total. The van der Waals surface area contributed by atoms with Crippen molar-refractivity contribution < 1.29 is 14.3 Å². The molecule has 0 aliphatic rings. The number of ether oxygens (including phenoxy) is 2. The maximum Gasteiger partial charge on any atom is 0.252 e. The second-order valence-corrected chi connectivity index (χ2v) is 6.33. The van der Waals surface area contributed by atoms with Crippen LogP contribution >= 0.6 is 24.8 Å². The maximum atomic E-state index is 12.3. The van der Waals surface area contributed by atoms with Gasteiger partial charge in [0.2, 0.25) is 0 Å². The van der Waals surface area contributed by atoms with Gasteiger partial charge in [-0.1, -0.05) is 0 Å². The molecule has 164 valence electrons. The number of nitrogens with one attached hydrogen (secondary N) is 2. The highest BCUT2D eigenvalue weighted by Crippen LogP contribution is 2.26. The highest BCUT2D eigenvalue weighted by molar-refractivity contribution is 5.96. The summed E-state index contributed by atoms with van der Waals surface area (Å²) in [7, 11) is 5.13. The summed E-state index contributed by atoms with van der Waals surface area (Å²) >= 11 is 0. The monoisotopic (exact) mass is 455 g/mol. The van der Waals surface area contributed by atoms with E-state index < -0.39 is 0 Å². The molecule has 0 spiro atoms. The number of benzene rings is 1. The minimum atomic E-state index is -0.130. The first-order valence-electron chi connectivity index (χ1n) is 9.11. The van der Waals surface area contributed by atoms with Crippen molar-refractivity contribution in [2.24, 2.45) is 0 Å². The number of hydrogen-bond donors (Lipinski definition) is 2. The lowest BCUT2D eigenvalue weighted by atomic mass is 10.2. The molecule has 0 fully saturated rings. The fourth-order valence-corrected chi connectivity index (χ4v) is 2.92. The summed E-state index contributed by atoms with van der Waals surface area (Å²) in [4.78, 5) is 16.7. The lowest BCUT2D eigenvalue weighted by Crippen LogP contribution is -2.26. The molecular weight excluding hydrogens is 429 g/mol. The Kier molecular flexibility index (Phi) is 10.4. The zero-order valence-electron chi connectivity index (χ0n) is 17.2. The van der Waals surface area contributed by atoms with E-state index >= 15 is 0 Å². The lowest BCUT2D eigenvalue weighted by molar-refractivity contribution is 0.0953. The predicted octanol–water partition coefficient (Wildman–Crippen LogP) is 2.68. The Morgan fingerprint density at radius 2 is 1.90 bits per heavy atom. The van der Waals surface area contributed by atoms with E-state index in [9.17, 15) is 4.79 Å². The molecule has 0 saturated carbocycles. The van der Waals surface area contributed by atoms with Crippen LogP contribution in [0, 0.1) is 0 Å². The zero-order chi connectivity index (χ0) is 19.9. The third-order valence-electron chi connectivity index (χ3n) is 4.44. The summed E-state index contributed by atoms with van der Waals surface area (Å²) in [5.74, 6) is 1.32. The Labute approximate surface area is 188 Å². The van der Waals surface area contributed by atoms with E-state index in [1.54, 1.807) is 31.3 Å². The first-order valence-corrected chi connectivity index (χ1v) is 9.11. The van der Waals surface area contributed by atoms with Gasteiger partial charge in [-0.2, -0.15) is 5.10 Å². The van der Waals surface area contributed by atoms with Crippen LogP contribution in [-0.4, -0.2) is 55.0 Å². The second-order valence-electron chi connectivity index (χ2n) is 6.33. The van der Waals surface area contributed by atoms with Crippen LogP contribution < -0.4 is 20.1 Å². The highest BCUT2D eigenvalue weighted by Gasteiger charge is 2.12. The van der Waals surface area contributed by atoms with Crippen LogP contribution in [0.1, 0.15) is 22.3 Å². The molecule has 0 bridgehead atoms. The van der Waals surface area contributed by atoms with Crippen molar-refractivity contribution in [1.82, 2.24) is 25.4 Å². The summed E-state index contributed by atoms with van der Waals surface area (Å²) in [6.45, 7) is 1.98. The smallest absolute Gasteiger partial charge is 0.252 e. The van der Waals surface area contributed by atoms with E-state index in [-0.39, 0.29) is 30.7 Å². The van der Waals surface area contributed by atoms with E-state index in [4.69, 9.17) is 9.47 Å². The van der Waals surface area contributed by atoms with Crippen molar-refractivity contribution in [1.29, 1.82) is 0 Å². The van der Waals surface area contributed by atoms with Gasteiger partial charge >= 0.3 is 0 Å². The van der Waals surface area contributed by atoms with Crippen molar-refractivity contribution in [3.8, 4) is 11.5 Å². The number of halogens is 2. The van der Waals surface area contributed by atoms with E-state index in [1.807, 2.05) is 31.3 Å². The van der Waals surface area contributed by atoms with Crippen molar-refractivity contribution in [3.05, 3.63) is 47.8 Å². The van der Waals surface area contributed by atoms with Gasteiger partial charge in [0, 0.05) is 29.8 Å². The average Bonchev–Trinajstić information content (AvgIpc) is 3.13. The van der Waals surface area contributed by atoms with Crippen LogP contribution in [0.5, 0.6) is 11.5 Å². The van der Waals surface area contributed by atoms with Crippen molar-refractivity contribution >= 4 is 41.8 Å². The fraction of sp³-hybridized carbons (Fsp3) is 0.350. The van der Waals surface area contributed by atoms with Crippen LogP contribution in [0.3, 0.4) is 0 Å². The predicted molar refractivity (Wildman–Crippen MR) is 122 cm³/mol. The van der Waals surface area contributed by atoms with Gasteiger partial charge in [-0.3, -0.25) is 4.79 Å². The summed E-state index contributed by atoms with van der Waals surface area (Å²) in [5.41, 5.74) is 2.20. The minimum absolute atomic E-state index is 0. The minimum Gasteiger partial charge on any atom is -0.497 e. The molecule has 2 N–H and O–H groups in total. The number of fused-ring (bicyclic) bond motifs is 1. The zero-order valence-corrected chi connectivity index (χ0v) is 18.8. The van der Waals surface area contributed by atoms with Crippen LogP contribution in [0.2, 0.25) is 0 Å². The van der Waals surface area contributed by atoms with Crippen molar-refractivity contribution in [2.75, 3.05) is 34.4 Å². The quantitative estimate of drug-likeness (QED) is 0.482. The molecule has 0 aliphatic heterocycles. The maximum absolute atomic E-state index is 12.3. The number of amides is 1. The molecular formula is C20H27Cl2N5O3. The molecule has 30 heavy (non-hydrogen) atoms. The molecule has 1 amide bonds. The molecule has 0 unspecified atom stereocenters. The van der Waals surface area contributed by atoms with Crippen molar-refractivity contribution in [2.45, 2.75) is 13.0 Å². The second kappa shape index (κ2) is 12.2. The average molecular weight is 456 g/mol. The van der Waals surface area contributed by atoms with Crippen molar-refractivity contribution in [3.63, 3.8) is 0 Å². The number of aromatic nitrogens is 3. The number of pyridine rings is 1. The largest absolute Gasteiger partial charge is 0.497 e. The van der Waals surface area contributed by atoms with Gasteiger partial charge < -0.3 is 20.1 Å². The van der Waals surface area contributed by atoms with E-state index in [0.717, 1.165) is 35.4 Å². The normalized spacial score (nSPS) is 10.1. The molecule has 0 radical (unpaired) electrons. The summed E-state index contributed by atoms with van der Waals surface area (Å²) in [6.07, 6.45) is 4.18. The first kappa shape index (κ1) is 25.5. The highest BCUT2D eigenvalue weighted by atomic mass is 35.5. The Hall–Kier alpha value is -2.55. The number of methoxy groups -OCH3 is 2. The fourth-order valence-electron chi connectivity index (χ4n) is 2.92. The van der Waals surface area contributed by atoms with Crippen LogP contribution in [0.4, 0.5) is 0 Å². The van der Waals surface area contributed by atoms with Crippen LogP contribution in [-0.2, 0) is 6.54 Å². The topological polar surface area (TPSA) is 90.3 Å². The van der Waals surface area contributed by atoms with Gasteiger partial charge in [-0.15, -0.1) is 24.8 Å². The number of rotatable bonds is 9. The summed E-state index contributed by atoms with van der Waals surface area (Å²) in [6, 6.07) is 7.47. The van der Waals surface area contributed by atoms with Gasteiger partial charge in [0.05, 0.1) is 32.5 Å². The number of carbonyl (C=O) groups excluding carboxylic acids is 1. The Morgan fingerprint density at radius 1 is 1.10 bits per heavy atom. The third kappa shape index (κ3) is 5.98. The summed E-state index contributed by atoms with van der Waals surface area (Å²) in [5, 5.41) is 11.2. The number of carbonyl (C=O) groups is 1. The number of nitrogens with zero attached hydrogens (tertiary/aromatic N) is 3. The molecule has 0 aliphatic carbocycles. The first-order chi connectivity index (χ1) is 13.7. The Bertz CT molecular complexity index is 965. The molecule has 2 aromatic heterocycles. The molecule has 3 aromatic rings. The SMILES string of the molecule is CNCCCNC(=O)c1cnc2c(cnn2Cc2ccc(OC)cc2OC)c1.Cl.Cl. The number of hydrogen-bond acceptors (Lipinski definition) is 6. The van der Waals surface area contributed by atoms with Crippen LogP contribution in [0.15, 0.2) is 36.7 Å². The van der Waals surface area contributed by atoms with Crippen LogP contribution in [0.25, 0.3) is 11.0 Å². The van der Waals surface area contributed by atoms with E-state index in [2.05, 4.69) is 20.7 Å². The Balaban J connectivity index is 0.00000225. The molecule has 3 rings (SSSR count). The van der Waals surface area contributed by atoms with Gasteiger partial charge in [-0.25, -0.2) is 9.67 Å². The molecule has 0 atom stereocenters.